The molecule has 132 valence electrons. The smallest absolute Gasteiger partial charge is 0.466 e. The monoisotopic (exact) mass is 356 g/mol. The maximum Gasteiger partial charge on any atom is 0.522 e. The van der Waals surface area contributed by atoms with Crippen LogP contribution < -0.4 is 5.32 Å². The van der Waals surface area contributed by atoms with Crippen LogP contribution in [0.5, 0.6) is 0 Å². The summed E-state index contributed by atoms with van der Waals surface area (Å²) in [6.07, 6.45) is -1.41. The van der Waals surface area contributed by atoms with Crippen molar-refractivity contribution in [2.45, 2.75) is 33.1 Å². The Bertz CT molecular complexity index is 549. The molecule has 2 atom stereocenters. The van der Waals surface area contributed by atoms with Gasteiger partial charge in [-0.25, -0.2) is 9.59 Å². The number of benzene rings is 1. The molecule has 8 heteroatoms. The van der Waals surface area contributed by atoms with E-state index in [-0.39, 0.29) is 18.7 Å². The molecule has 7 nitrogen and oxygen atoms in total. The molecule has 1 aromatic rings. The number of carbonyl (C=O) groups excluding carboxylic acids is 2. The number of methoxy groups -OCH3 is 1. The van der Waals surface area contributed by atoms with Crippen LogP contribution in [0.15, 0.2) is 30.3 Å². The summed E-state index contributed by atoms with van der Waals surface area (Å²) in [6, 6.07) is 9.23. The van der Waals surface area contributed by atoms with Crippen LogP contribution >= 0.6 is 8.03 Å². The van der Waals surface area contributed by atoms with Gasteiger partial charge in [0.2, 0.25) is 0 Å². The highest BCUT2D eigenvalue weighted by Crippen LogP contribution is 2.26. The zero-order valence-electron chi connectivity index (χ0n) is 14.1. The van der Waals surface area contributed by atoms with Crippen molar-refractivity contribution in [3.05, 3.63) is 35.9 Å². The molecule has 24 heavy (non-hydrogen) atoms. The molecule has 0 aliphatic heterocycles. The Kier molecular flexibility index (Phi) is 8.97. The Labute approximate surface area is 142 Å². The number of rotatable bonds is 9. The van der Waals surface area contributed by atoms with Crippen molar-refractivity contribution < 1.29 is 28.2 Å². The minimum absolute atomic E-state index is 0.120. The fourth-order valence-corrected chi connectivity index (χ4v) is 2.64. The molecule has 1 aromatic carbocycles. The zero-order valence-corrected chi connectivity index (χ0v) is 15.0. The van der Waals surface area contributed by atoms with E-state index in [1.165, 1.54) is 7.11 Å². The van der Waals surface area contributed by atoms with Gasteiger partial charge in [-0.3, -0.25) is 5.32 Å². The van der Waals surface area contributed by atoms with Crippen LogP contribution in [0.4, 0.5) is 4.79 Å². The van der Waals surface area contributed by atoms with Crippen LogP contribution in [0.3, 0.4) is 0 Å². The second-order valence-electron chi connectivity index (χ2n) is 5.50. The van der Waals surface area contributed by atoms with Crippen molar-refractivity contribution in [2.24, 2.45) is 5.92 Å². The van der Waals surface area contributed by atoms with Crippen molar-refractivity contribution in [3.63, 3.8) is 0 Å². The van der Waals surface area contributed by atoms with Gasteiger partial charge in [0, 0.05) is 0 Å². The SMILES string of the molecule is COC(=O)C[P+](=O)OC(CC(C)C)NC(=O)OCc1ccccc1. The largest absolute Gasteiger partial charge is 0.522 e. The second kappa shape index (κ2) is 10.7. The highest BCUT2D eigenvalue weighted by molar-refractivity contribution is 7.40. The van der Waals surface area contributed by atoms with Crippen LogP contribution in [0.1, 0.15) is 25.8 Å². The van der Waals surface area contributed by atoms with E-state index in [2.05, 4.69) is 10.1 Å². The van der Waals surface area contributed by atoms with Gasteiger partial charge in [0.25, 0.3) is 6.16 Å². The van der Waals surface area contributed by atoms with Crippen LogP contribution in [0.25, 0.3) is 0 Å². The molecule has 0 radical (unpaired) electrons. The summed E-state index contributed by atoms with van der Waals surface area (Å²) in [5, 5.41) is 2.52. The topological polar surface area (TPSA) is 90.9 Å². The van der Waals surface area contributed by atoms with Crippen molar-refractivity contribution in [3.8, 4) is 0 Å². The lowest BCUT2D eigenvalue weighted by Crippen LogP contribution is -2.37. The maximum absolute atomic E-state index is 11.9. The predicted molar refractivity (Wildman–Crippen MR) is 88.6 cm³/mol. The Balaban J connectivity index is 2.50. The number of alkyl carbamates (subject to hydrolysis) is 1. The summed E-state index contributed by atoms with van der Waals surface area (Å²) in [5.41, 5.74) is 0.853. The number of nitrogens with one attached hydrogen (secondary N) is 1. The number of hydrogen-bond donors (Lipinski definition) is 1. The molecule has 1 N–H and O–H groups in total. The van der Waals surface area contributed by atoms with Crippen molar-refractivity contribution in [2.75, 3.05) is 13.3 Å². The third kappa shape index (κ3) is 8.60. The molecular formula is C16H23NO6P+. The third-order valence-electron chi connectivity index (χ3n) is 2.91. The Morgan fingerprint density at radius 3 is 2.46 bits per heavy atom. The fourth-order valence-electron chi connectivity index (χ4n) is 1.80. The van der Waals surface area contributed by atoms with Crippen molar-refractivity contribution in [1.82, 2.24) is 5.32 Å². The van der Waals surface area contributed by atoms with Crippen LogP contribution in [0, 0.1) is 5.92 Å². The maximum atomic E-state index is 11.9. The molecule has 0 saturated heterocycles. The summed E-state index contributed by atoms with van der Waals surface area (Å²) in [4.78, 5) is 23.0. The van der Waals surface area contributed by atoms with Gasteiger partial charge >= 0.3 is 20.1 Å². The summed E-state index contributed by atoms with van der Waals surface area (Å²) < 4.78 is 26.6. The number of hydrogen-bond acceptors (Lipinski definition) is 6. The first kappa shape index (κ1) is 20.1. The number of carbonyl (C=O) groups is 2. The molecule has 0 bridgehead atoms. The molecule has 0 fully saturated rings. The van der Waals surface area contributed by atoms with Gasteiger partial charge in [-0.05, 0) is 22.5 Å². The van der Waals surface area contributed by atoms with Crippen molar-refractivity contribution >= 4 is 20.1 Å². The highest BCUT2D eigenvalue weighted by atomic mass is 31.1. The lowest BCUT2D eigenvalue weighted by Gasteiger charge is -2.15. The van der Waals surface area contributed by atoms with Gasteiger partial charge < -0.3 is 9.47 Å². The van der Waals surface area contributed by atoms with E-state index in [1.54, 1.807) is 0 Å². The molecule has 1 amide bonds. The second-order valence-corrected chi connectivity index (χ2v) is 6.69. The van der Waals surface area contributed by atoms with Crippen LogP contribution in [-0.2, 0) is 30.0 Å². The minimum Gasteiger partial charge on any atom is -0.466 e. The van der Waals surface area contributed by atoms with Crippen LogP contribution in [-0.4, -0.2) is 31.6 Å². The molecule has 0 aliphatic rings. The number of esters is 1. The van der Waals surface area contributed by atoms with Gasteiger partial charge in [0.05, 0.1) is 7.11 Å². The molecule has 0 heterocycles. The van der Waals surface area contributed by atoms with Gasteiger partial charge in [-0.15, -0.1) is 4.52 Å². The molecule has 2 unspecified atom stereocenters. The highest BCUT2D eigenvalue weighted by Gasteiger charge is 2.30. The molecule has 0 spiro atoms. The first-order chi connectivity index (χ1) is 11.4. The fraction of sp³-hybridized carbons (Fsp3) is 0.500. The molecule has 0 aliphatic carbocycles. The predicted octanol–water partition coefficient (Wildman–Crippen LogP) is 3.22. The Hall–Kier alpha value is -1.98. The van der Waals surface area contributed by atoms with E-state index in [9.17, 15) is 14.2 Å². The van der Waals surface area contributed by atoms with Gasteiger partial charge in [0.15, 0.2) is 6.23 Å². The molecule has 0 saturated carbocycles. The van der Waals surface area contributed by atoms with E-state index in [0.717, 1.165) is 5.56 Å². The van der Waals surface area contributed by atoms with E-state index in [4.69, 9.17) is 9.26 Å². The number of ether oxygens (including phenoxy) is 2. The molecule has 0 aromatic heterocycles. The first-order valence-corrected chi connectivity index (χ1v) is 8.92. The normalized spacial score (nSPS) is 12.4. The minimum atomic E-state index is -2.27. The van der Waals surface area contributed by atoms with E-state index in [0.29, 0.717) is 6.42 Å². The average Bonchev–Trinajstić information content (AvgIpc) is 2.53. The Morgan fingerprint density at radius 2 is 1.88 bits per heavy atom. The number of amides is 1. The Morgan fingerprint density at radius 1 is 1.21 bits per heavy atom. The summed E-state index contributed by atoms with van der Waals surface area (Å²) in [5.74, 6) is -0.447. The standard InChI is InChI=1S/C16H22NO6P/c1-12(2)9-14(23-24(20)11-15(18)21-3)17-16(19)22-10-13-7-5-4-6-8-13/h4-8,12,14H,9-11H2,1-3H3/p+1. The van der Waals surface area contributed by atoms with E-state index >= 15 is 0 Å². The van der Waals surface area contributed by atoms with Gasteiger partial charge in [-0.2, -0.15) is 0 Å². The van der Waals surface area contributed by atoms with Crippen LogP contribution in [0.2, 0.25) is 0 Å². The molecular weight excluding hydrogens is 333 g/mol. The molecule has 1 rings (SSSR count). The van der Waals surface area contributed by atoms with E-state index < -0.39 is 26.3 Å². The summed E-state index contributed by atoms with van der Waals surface area (Å²) in [6.45, 7) is 3.98. The summed E-state index contributed by atoms with van der Waals surface area (Å²) >= 11 is 0. The lowest BCUT2D eigenvalue weighted by atomic mass is 10.1. The lowest BCUT2D eigenvalue weighted by molar-refractivity contribution is -0.137. The average molecular weight is 356 g/mol. The quantitative estimate of drug-likeness (QED) is 0.415. The summed E-state index contributed by atoms with van der Waals surface area (Å²) in [7, 11) is -1.07. The zero-order chi connectivity index (χ0) is 17.9. The van der Waals surface area contributed by atoms with Crippen molar-refractivity contribution in [1.29, 1.82) is 0 Å². The van der Waals surface area contributed by atoms with Gasteiger partial charge in [0.1, 0.15) is 6.61 Å². The van der Waals surface area contributed by atoms with Gasteiger partial charge in [-0.1, -0.05) is 44.2 Å². The third-order valence-corrected chi connectivity index (χ3v) is 3.91. The van der Waals surface area contributed by atoms with E-state index in [1.807, 2.05) is 44.2 Å². The first-order valence-electron chi connectivity index (χ1n) is 7.56.